The van der Waals surface area contributed by atoms with Crippen molar-refractivity contribution >= 4 is 40.6 Å². The SMILES string of the molecule is CCOC(=O)c1cccc(NC(=S)NCc2nc(-c3ccc(Cl)cc3)no2)c1. The summed E-state index contributed by atoms with van der Waals surface area (Å²) in [6, 6.07) is 14.0. The van der Waals surface area contributed by atoms with Crippen molar-refractivity contribution in [3.8, 4) is 11.4 Å². The highest BCUT2D eigenvalue weighted by Gasteiger charge is 2.10. The molecule has 0 spiro atoms. The van der Waals surface area contributed by atoms with E-state index in [1.807, 2.05) is 12.1 Å². The molecular weight excluding hydrogens is 400 g/mol. The summed E-state index contributed by atoms with van der Waals surface area (Å²) in [5.41, 5.74) is 1.91. The summed E-state index contributed by atoms with van der Waals surface area (Å²) < 4.78 is 10.2. The molecule has 0 aliphatic carbocycles. The number of esters is 1. The van der Waals surface area contributed by atoms with E-state index in [0.717, 1.165) is 5.56 Å². The van der Waals surface area contributed by atoms with Gasteiger partial charge in [0.1, 0.15) is 0 Å². The lowest BCUT2D eigenvalue weighted by Crippen LogP contribution is -2.28. The predicted molar refractivity (Wildman–Crippen MR) is 110 cm³/mol. The molecular formula is C19H17ClN4O3S. The molecule has 9 heteroatoms. The molecule has 0 atom stereocenters. The van der Waals surface area contributed by atoms with Crippen LogP contribution in [0.2, 0.25) is 5.02 Å². The third-order valence-corrected chi connectivity index (χ3v) is 4.10. The van der Waals surface area contributed by atoms with E-state index in [2.05, 4.69) is 20.8 Å². The molecule has 3 aromatic rings. The van der Waals surface area contributed by atoms with Crippen LogP contribution in [0, 0.1) is 0 Å². The van der Waals surface area contributed by atoms with Gasteiger partial charge in [0.25, 0.3) is 0 Å². The Morgan fingerprint density at radius 1 is 1.25 bits per heavy atom. The van der Waals surface area contributed by atoms with Crippen molar-refractivity contribution in [3.63, 3.8) is 0 Å². The third kappa shape index (κ3) is 5.28. The summed E-state index contributed by atoms with van der Waals surface area (Å²) in [6.07, 6.45) is 0. The summed E-state index contributed by atoms with van der Waals surface area (Å²) in [5, 5.41) is 10.9. The zero-order chi connectivity index (χ0) is 19.9. The van der Waals surface area contributed by atoms with Gasteiger partial charge in [-0.05, 0) is 61.6 Å². The van der Waals surface area contributed by atoms with Gasteiger partial charge in [-0.3, -0.25) is 0 Å². The average molecular weight is 417 g/mol. The fourth-order valence-corrected chi connectivity index (χ4v) is 2.63. The molecule has 0 saturated carbocycles. The number of nitrogens with zero attached hydrogens (tertiary/aromatic N) is 2. The molecule has 144 valence electrons. The van der Waals surface area contributed by atoms with E-state index in [9.17, 15) is 4.79 Å². The smallest absolute Gasteiger partial charge is 0.338 e. The Balaban J connectivity index is 1.56. The van der Waals surface area contributed by atoms with Gasteiger partial charge >= 0.3 is 5.97 Å². The van der Waals surface area contributed by atoms with Gasteiger partial charge in [-0.2, -0.15) is 4.98 Å². The van der Waals surface area contributed by atoms with Gasteiger partial charge in [0.15, 0.2) is 5.11 Å². The second-order valence-electron chi connectivity index (χ2n) is 5.63. The number of aromatic nitrogens is 2. The number of carbonyl (C=O) groups is 1. The first kappa shape index (κ1) is 19.8. The Morgan fingerprint density at radius 3 is 2.79 bits per heavy atom. The molecule has 3 rings (SSSR count). The summed E-state index contributed by atoms with van der Waals surface area (Å²) in [4.78, 5) is 16.1. The Hall–Kier alpha value is -2.97. The number of hydrogen-bond donors (Lipinski definition) is 2. The van der Waals surface area contributed by atoms with Crippen LogP contribution in [0.1, 0.15) is 23.2 Å². The number of hydrogen-bond acceptors (Lipinski definition) is 6. The summed E-state index contributed by atoms with van der Waals surface area (Å²) in [7, 11) is 0. The summed E-state index contributed by atoms with van der Waals surface area (Å²) in [6.45, 7) is 2.33. The zero-order valence-electron chi connectivity index (χ0n) is 14.9. The van der Waals surface area contributed by atoms with E-state index in [4.69, 9.17) is 33.1 Å². The molecule has 0 unspecified atom stereocenters. The molecule has 0 aliphatic heterocycles. The van der Waals surface area contributed by atoms with Crippen molar-refractivity contribution in [3.05, 3.63) is 65.0 Å². The van der Waals surface area contributed by atoms with E-state index in [1.54, 1.807) is 43.3 Å². The van der Waals surface area contributed by atoms with Crippen LogP contribution in [0.25, 0.3) is 11.4 Å². The van der Waals surface area contributed by atoms with Crippen LogP contribution in [-0.2, 0) is 11.3 Å². The van der Waals surface area contributed by atoms with Crippen LogP contribution in [0.15, 0.2) is 53.1 Å². The van der Waals surface area contributed by atoms with Crippen LogP contribution >= 0.6 is 23.8 Å². The minimum atomic E-state index is -0.384. The van der Waals surface area contributed by atoms with Crippen molar-refractivity contribution in [1.82, 2.24) is 15.5 Å². The summed E-state index contributed by atoms with van der Waals surface area (Å²) >= 11 is 11.1. The molecule has 1 heterocycles. The van der Waals surface area contributed by atoms with Gasteiger partial charge in [0.05, 0.1) is 18.7 Å². The molecule has 0 bridgehead atoms. The molecule has 2 aromatic carbocycles. The molecule has 28 heavy (non-hydrogen) atoms. The largest absolute Gasteiger partial charge is 0.462 e. The van der Waals surface area contributed by atoms with E-state index < -0.39 is 0 Å². The lowest BCUT2D eigenvalue weighted by Gasteiger charge is -2.10. The number of nitrogens with one attached hydrogen (secondary N) is 2. The Morgan fingerprint density at radius 2 is 2.04 bits per heavy atom. The minimum absolute atomic E-state index is 0.254. The lowest BCUT2D eigenvalue weighted by atomic mass is 10.2. The number of carbonyl (C=O) groups excluding carboxylic acids is 1. The molecule has 2 N–H and O–H groups in total. The lowest BCUT2D eigenvalue weighted by molar-refractivity contribution is 0.0526. The molecule has 0 radical (unpaired) electrons. The van der Waals surface area contributed by atoms with Crippen molar-refractivity contribution in [1.29, 1.82) is 0 Å². The highest BCUT2D eigenvalue weighted by molar-refractivity contribution is 7.80. The zero-order valence-corrected chi connectivity index (χ0v) is 16.5. The maximum atomic E-state index is 11.8. The molecule has 0 amide bonds. The highest BCUT2D eigenvalue weighted by atomic mass is 35.5. The maximum Gasteiger partial charge on any atom is 0.338 e. The molecule has 7 nitrogen and oxygen atoms in total. The predicted octanol–water partition coefficient (Wildman–Crippen LogP) is 4.05. The Bertz CT molecular complexity index is 975. The minimum Gasteiger partial charge on any atom is -0.462 e. The van der Waals surface area contributed by atoms with Crippen LogP contribution in [0.3, 0.4) is 0 Å². The first-order valence-electron chi connectivity index (χ1n) is 8.45. The Kier molecular flexibility index (Phi) is 6.57. The van der Waals surface area contributed by atoms with Crippen molar-refractivity contribution in [2.45, 2.75) is 13.5 Å². The molecule has 0 aliphatic rings. The van der Waals surface area contributed by atoms with E-state index in [-0.39, 0.29) is 12.5 Å². The number of rotatable bonds is 6. The average Bonchev–Trinajstić information content (AvgIpc) is 3.16. The van der Waals surface area contributed by atoms with Crippen LogP contribution in [0.5, 0.6) is 0 Å². The van der Waals surface area contributed by atoms with Gasteiger partial charge in [-0.1, -0.05) is 22.8 Å². The fraction of sp³-hybridized carbons (Fsp3) is 0.158. The van der Waals surface area contributed by atoms with Crippen LogP contribution in [0.4, 0.5) is 5.69 Å². The van der Waals surface area contributed by atoms with Crippen LogP contribution < -0.4 is 10.6 Å². The van der Waals surface area contributed by atoms with Crippen molar-refractivity contribution in [2.75, 3.05) is 11.9 Å². The van der Waals surface area contributed by atoms with Gasteiger partial charge < -0.3 is 19.9 Å². The van der Waals surface area contributed by atoms with E-state index in [0.29, 0.717) is 39.7 Å². The number of halogens is 1. The second-order valence-corrected chi connectivity index (χ2v) is 6.47. The molecule has 0 fully saturated rings. The highest BCUT2D eigenvalue weighted by Crippen LogP contribution is 2.18. The monoisotopic (exact) mass is 416 g/mol. The Labute approximate surface area is 172 Å². The second kappa shape index (κ2) is 9.29. The first-order valence-corrected chi connectivity index (χ1v) is 9.24. The van der Waals surface area contributed by atoms with E-state index >= 15 is 0 Å². The normalized spacial score (nSPS) is 10.4. The maximum absolute atomic E-state index is 11.8. The fourth-order valence-electron chi connectivity index (χ4n) is 2.31. The number of benzene rings is 2. The molecule has 0 saturated heterocycles. The molecule has 1 aromatic heterocycles. The third-order valence-electron chi connectivity index (χ3n) is 3.60. The summed E-state index contributed by atoms with van der Waals surface area (Å²) in [5.74, 6) is 0.467. The number of anilines is 1. The quantitative estimate of drug-likeness (QED) is 0.459. The van der Waals surface area contributed by atoms with E-state index in [1.165, 1.54) is 0 Å². The van der Waals surface area contributed by atoms with Gasteiger partial charge in [-0.15, -0.1) is 0 Å². The first-order chi connectivity index (χ1) is 13.5. The number of ether oxygens (including phenoxy) is 1. The van der Waals surface area contributed by atoms with Crippen molar-refractivity contribution in [2.24, 2.45) is 0 Å². The van der Waals surface area contributed by atoms with Gasteiger partial charge in [-0.25, -0.2) is 4.79 Å². The van der Waals surface area contributed by atoms with Gasteiger partial charge in [0, 0.05) is 16.3 Å². The van der Waals surface area contributed by atoms with Crippen molar-refractivity contribution < 1.29 is 14.1 Å². The van der Waals surface area contributed by atoms with Crippen LogP contribution in [-0.4, -0.2) is 27.8 Å². The topological polar surface area (TPSA) is 89.3 Å². The standard InChI is InChI=1S/C19H17ClN4O3S/c1-2-26-18(25)13-4-3-5-15(10-13)22-19(28)21-11-16-23-17(24-27-16)12-6-8-14(20)9-7-12/h3-10H,2,11H2,1H3,(H2,21,22,28). The number of thiocarbonyl (C=S) groups is 1. The van der Waals surface area contributed by atoms with Gasteiger partial charge in [0.2, 0.25) is 11.7 Å².